The quantitative estimate of drug-likeness (QED) is 0.293. The Kier molecular flexibility index (Phi) is 5.56. The SMILES string of the molecule is C=C/C(=C\c1c(C)oc(C=C)c1/C(=C\C)C(C)C)n1c2ccccc2c2ccccc21. The summed E-state index contributed by atoms with van der Waals surface area (Å²) in [4.78, 5) is 0. The summed E-state index contributed by atoms with van der Waals surface area (Å²) in [5.74, 6) is 2.06. The fourth-order valence-electron chi connectivity index (χ4n) is 4.52. The largest absolute Gasteiger partial charge is 0.461 e. The second-order valence-corrected chi connectivity index (χ2v) is 8.06. The summed E-state index contributed by atoms with van der Waals surface area (Å²) in [6.07, 6.45) is 8.10. The molecule has 0 atom stereocenters. The van der Waals surface area contributed by atoms with E-state index in [-0.39, 0.29) is 0 Å². The molecule has 4 rings (SSSR count). The third kappa shape index (κ3) is 3.38. The highest BCUT2D eigenvalue weighted by Crippen LogP contribution is 2.37. The van der Waals surface area contributed by atoms with Crippen molar-refractivity contribution in [3.8, 4) is 0 Å². The van der Waals surface area contributed by atoms with Crippen LogP contribution in [-0.4, -0.2) is 4.57 Å². The summed E-state index contributed by atoms with van der Waals surface area (Å²) in [6.45, 7) is 16.7. The van der Waals surface area contributed by atoms with Crippen molar-refractivity contribution in [2.45, 2.75) is 27.7 Å². The zero-order valence-corrected chi connectivity index (χ0v) is 18.8. The van der Waals surface area contributed by atoms with Gasteiger partial charge in [0.05, 0.1) is 11.0 Å². The third-order valence-corrected chi connectivity index (χ3v) is 5.90. The van der Waals surface area contributed by atoms with E-state index in [9.17, 15) is 0 Å². The lowest BCUT2D eigenvalue weighted by Crippen LogP contribution is -1.98. The summed E-state index contributed by atoms with van der Waals surface area (Å²) in [6, 6.07) is 17.0. The number of aryl methyl sites for hydroxylation is 1. The van der Waals surface area contributed by atoms with Crippen LogP contribution in [0.1, 0.15) is 43.4 Å². The molecule has 2 nitrogen and oxygen atoms in total. The highest BCUT2D eigenvalue weighted by Gasteiger charge is 2.21. The highest BCUT2D eigenvalue weighted by atomic mass is 16.3. The van der Waals surface area contributed by atoms with E-state index in [2.05, 4.69) is 99.2 Å². The molecule has 0 saturated carbocycles. The van der Waals surface area contributed by atoms with Gasteiger partial charge in [0.25, 0.3) is 0 Å². The molecule has 0 saturated heterocycles. The van der Waals surface area contributed by atoms with Crippen LogP contribution in [-0.2, 0) is 0 Å². The van der Waals surface area contributed by atoms with E-state index in [0.29, 0.717) is 5.92 Å². The van der Waals surface area contributed by atoms with Crippen LogP contribution in [0.5, 0.6) is 0 Å². The zero-order chi connectivity index (χ0) is 22.1. The molecule has 4 aromatic rings. The molecule has 156 valence electrons. The van der Waals surface area contributed by atoms with Gasteiger partial charge in [0.1, 0.15) is 11.5 Å². The van der Waals surface area contributed by atoms with Gasteiger partial charge in [-0.25, -0.2) is 0 Å². The summed E-state index contributed by atoms with van der Waals surface area (Å²) in [5.41, 5.74) is 6.79. The Hall–Kier alpha value is -3.52. The van der Waals surface area contributed by atoms with Crippen LogP contribution >= 0.6 is 0 Å². The molecule has 2 aromatic carbocycles. The van der Waals surface area contributed by atoms with Gasteiger partial charge in [-0.15, -0.1) is 0 Å². The van der Waals surface area contributed by atoms with Gasteiger partial charge in [-0.3, -0.25) is 0 Å². The first-order valence-corrected chi connectivity index (χ1v) is 10.8. The lowest BCUT2D eigenvalue weighted by Gasteiger charge is -2.13. The Morgan fingerprint density at radius 3 is 2.03 bits per heavy atom. The molecule has 0 bridgehead atoms. The molecule has 0 unspecified atom stereocenters. The van der Waals surface area contributed by atoms with Gasteiger partial charge in [0, 0.05) is 27.6 Å². The first kappa shape index (κ1) is 20.7. The fourth-order valence-corrected chi connectivity index (χ4v) is 4.52. The molecular weight excluding hydrogens is 378 g/mol. The fraction of sp³-hybridized carbons (Fsp3) is 0.172. The molecule has 31 heavy (non-hydrogen) atoms. The van der Waals surface area contributed by atoms with Crippen LogP contribution in [0.4, 0.5) is 0 Å². The van der Waals surface area contributed by atoms with Crippen LogP contribution in [0.15, 0.2) is 78.3 Å². The first-order valence-electron chi connectivity index (χ1n) is 10.8. The molecule has 0 fully saturated rings. The summed E-state index contributed by atoms with van der Waals surface area (Å²) in [5, 5.41) is 2.47. The van der Waals surface area contributed by atoms with Crippen LogP contribution in [0, 0.1) is 12.8 Å². The number of hydrogen-bond donors (Lipinski definition) is 0. The van der Waals surface area contributed by atoms with Gasteiger partial charge in [-0.1, -0.05) is 69.5 Å². The maximum absolute atomic E-state index is 6.12. The van der Waals surface area contributed by atoms with E-state index >= 15 is 0 Å². The number of aromatic nitrogens is 1. The number of furan rings is 1. The van der Waals surface area contributed by atoms with Gasteiger partial charge in [0.2, 0.25) is 0 Å². The van der Waals surface area contributed by atoms with E-state index in [0.717, 1.165) is 39.4 Å². The highest BCUT2D eigenvalue weighted by molar-refractivity contribution is 6.11. The molecule has 0 spiro atoms. The van der Waals surface area contributed by atoms with Crippen molar-refractivity contribution >= 4 is 45.2 Å². The Labute approximate surface area is 184 Å². The summed E-state index contributed by atoms with van der Waals surface area (Å²) < 4.78 is 8.40. The van der Waals surface area contributed by atoms with E-state index in [1.165, 1.54) is 16.3 Å². The number of benzene rings is 2. The topological polar surface area (TPSA) is 18.1 Å². The van der Waals surface area contributed by atoms with Gasteiger partial charge in [-0.2, -0.15) is 0 Å². The Balaban J connectivity index is 2.05. The second-order valence-electron chi connectivity index (χ2n) is 8.06. The van der Waals surface area contributed by atoms with Gasteiger partial charge < -0.3 is 8.98 Å². The van der Waals surface area contributed by atoms with Crippen molar-refractivity contribution < 1.29 is 4.42 Å². The summed E-state index contributed by atoms with van der Waals surface area (Å²) >= 11 is 0. The maximum Gasteiger partial charge on any atom is 0.134 e. The van der Waals surface area contributed by atoms with Crippen LogP contribution < -0.4 is 0 Å². The molecule has 2 heteroatoms. The van der Waals surface area contributed by atoms with Crippen molar-refractivity contribution in [2.24, 2.45) is 5.92 Å². The molecule has 0 aliphatic rings. The number of rotatable bonds is 6. The second kappa shape index (κ2) is 8.31. The number of allylic oxidation sites excluding steroid dienone is 4. The van der Waals surface area contributed by atoms with Crippen LogP contribution in [0.2, 0.25) is 0 Å². The molecule has 0 aliphatic carbocycles. The van der Waals surface area contributed by atoms with Crippen LogP contribution in [0.25, 0.3) is 45.2 Å². The molecule has 2 aromatic heterocycles. The molecule has 0 radical (unpaired) electrons. The Morgan fingerprint density at radius 2 is 1.55 bits per heavy atom. The van der Waals surface area contributed by atoms with E-state index in [4.69, 9.17) is 4.42 Å². The average Bonchev–Trinajstić information content (AvgIpc) is 3.27. The first-order chi connectivity index (χ1) is 15.0. The zero-order valence-electron chi connectivity index (χ0n) is 18.8. The smallest absolute Gasteiger partial charge is 0.134 e. The number of fused-ring (bicyclic) bond motifs is 3. The normalized spacial score (nSPS) is 12.8. The Bertz CT molecular complexity index is 1300. The number of nitrogens with zero attached hydrogens (tertiary/aromatic N) is 1. The predicted octanol–water partition coefficient (Wildman–Crippen LogP) is 8.58. The minimum Gasteiger partial charge on any atom is -0.461 e. The Morgan fingerprint density at radius 1 is 0.968 bits per heavy atom. The molecular formula is C29H29NO. The van der Waals surface area contributed by atoms with E-state index < -0.39 is 0 Å². The lowest BCUT2D eigenvalue weighted by molar-refractivity contribution is 0.523. The van der Waals surface area contributed by atoms with Crippen molar-refractivity contribution in [2.75, 3.05) is 0 Å². The summed E-state index contributed by atoms with van der Waals surface area (Å²) in [7, 11) is 0. The maximum atomic E-state index is 6.12. The van der Waals surface area contributed by atoms with Crippen LogP contribution in [0.3, 0.4) is 0 Å². The van der Waals surface area contributed by atoms with Crippen molar-refractivity contribution in [1.29, 1.82) is 0 Å². The van der Waals surface area contributed by atoms with Crippen molar-refractivity contribution in [1.82, 2.24) is 4.57 Å². The van der Waals surface area contributed by atoms with Crippen molar-refractivity contribution in [3.63, 3.8) is 0 Å². The van der Waals surface area contributed by atoms with Gasteiger partial charge in [-0.05, 0) is 55.7 Å². The molecule has 0 N–H and O–H groups in total. The molecule has 0 aliphatic heterocycles. The predicted molar refractivity (Wildman–Crippen MR) is 136 cm³/mol. The standard InChI is InChI=1S/C29H29NO/c1-7-21(18-25-20(6)31-28(9-3)29(25)22(8-2)19(4)5)30-26-16-12-10-14-23(26)24-15-11-13-17-27(24)30/h7-19H,1,3H2,2,4-6H3/b21-18+,22-8-. The average molecular weight is 408 g/mol. The van der Waals surface area contributed by atoms with Crippen molar-refractivity contribution in [3.05, 3.63) is 96.5 Å². The minimum absolute atomic E-state index is 0.369. The van der Waals surface area contributed by atoms with Gasteiger partial charge in [0.15, 0.2) is 0 Å². The third-order valence-electron chi connectivity index (χ3n) is 5.90. The van der Waals surface area contributed by atoms with Gasteiger partial charge >= 0.3 is 0 Å². The molecule has 0 amide bonds. The minimum atomic E-state index is 0.369. The number of para-hydroxylation sites is 2. The van der Waals surface area contributed by atoms with E-state index in [1.54, 1.807) is 6.08 Å². The van der Waals surface area contributed by atoms with E-state index in [1.807, 2.05) is 13.0 Å². The monoisotopic (exact) mass is 407 g/mol. The number of hydrogen-bond acceptors (Lipinski definition) is 1. The lowest BCUT2D eigenvalue weighted by atomic mass is 9.91. The molecule has 2 heterocycles.